The molecule has 3 nitrogen and oxygen atoms in total. The molecule has 0 radical (unpaired) electrons. The van der Waals surface area contributed by atoms with Crippen LogP contribution in [0.15, 0.2) is 0 Å². The third-order valence-electron chi connectivity index (χ3n) is 4.39. The van der Waals surface area contributed by atoms with E-state index in [9.17, 15) is 4.79 Å². The minimum absolute atomic E-state index is 0.112. The van der Waals surface area contributed by atoms with E-state index < -0.39 is 5.54 Å². The van der Waals surface area contributed by atoms with Crippen molar-refractivity contribution in [1.82, 2.24) is 5.32 Å². The lowest BCUT2D eigenvalue weighted by atomic mass is 9.94. The molecule has 0 aromatic rings. The van der Waals surface area contributed by atoms with Crippen LogP contribution >= 0.6 is 0 Å². The van der Waals surface area contributed by atoms with Gasteiger partial charge in [-0.1, -0.05) is 44.9 Å². The van der Waals surface area contributed by atoms with Crippen molar-refractivity contribution in [1.29, 1.82) is 0 Å². The second-order valence-electron chi connectivity index (χ2n) is 5.88. The molecule has 0 atom stereocenters. The van der Waals surface area contributed by atoms with Crippen LogP contribution in [-0.2, 0) is 4.79 Å². The van der Waals surface area contributed by atoms with Crippen LogP contribution < -0.4 is 11.1 Å². The Morgan fingerprint density at radius 1 is 0.941 bits per heavy atom. The normalized spacial score (nSPS) is 26.2. The molecule has 98 valence electrons. The van der Waals surface area contributed by atoms with E-state index in [2.05, 4.69) is 5.32 Å². The van der Waals surface area contributed by atoms with Gasteiger partial charge in [0.15, 0.2) is 0 Å². The maximum atomic E-state index is 12.2. The molecule has 2 saturated carbocycles. The number of carbonyl (C=O) groups is 1. The number of hydrogen-bond donors (Lipinski definition) is 2. The fourth-order valence-corrected chi connectivity index (χ4v) is 3.16. The first-order chi connectivity index (χ1) is 8.21. The van der Waals surface area contributed by atoms with Crippen molar-refractivity contribution in [2.24, 2.45) is 5.73 Å². The van der Waals surface area contributed by atoms with Crippen LogP contribution in [0.5, 0.6) is 0 Å². The van der Waals surface area contributed by atoms with Gasteiger partial charge in [0.05, 0.1) is 5.54 Å². The molecule has 0 unspecified atom stereocenters. The lowest BCUT2D eigenvalue weighted by Gasteiger charge is -2.27. The molecule has 17 heavy (non-hydrogen) atoms. The molecule has 3 N–H and O–H groups in total. The van der Waals surface area contributed by atoms with Gasteiger partial charge in [0.2, 0.25) is 5.91 Å². The Morgan fingerprint density at radius 3 is 2.06 bits per heavy atom. The van der Waals surface area contributed by atoms with Crippen LogP contribution in [0.4, 0.5) is 0 Å². The molecule has 0 spiro atoms. The second kappa shape index (κ2) is 5.85. The summed E-state index contributed by atoms with van der Waals surface area (Å²) in [5.41, 5.74) is 5.62. The maximum absolute atomic E-state index is 12.2. The third kappa shape index (κ3) is 3.44. The van der Waals surface area contributed by atoms with E-state index >= 15 is 0 Å². The Hall–Kier alpha value is -0.570. The van der Waals surface area contributed by atoms with E-state index in [-0.39, 0.29) is 5.91 Å². The summed E-state index contributed by atoms with van der Waals surface area (Å²) >= 11 is 0. The molecular weight excluding hydrogens is 212 g/mol. The number of nitrogens with one attached hydrogen (secondary N) is 1. The summed E-state index contributed by atoms with van der Waals surface area (Å²) < 4.78 is 0. The molecule has 2 rings (SSSR count). The Bertz CT molecular complexity index is 251. The first kappa shape index (κ1) is 12.9. The largest absolute Gasteiger partial charge is 0.352 e. The van der Waals surface area contributed by atoms with Crippen molar-refractivity contribution in [2.45, 2.75) is 82.2 Å². The molecule has 2 aliphatic carbocycles. The molecule has 1 amide bonds. The van der Waals surface area contributed by atoms with E-state index in [4.69, 9.17) is 5.73 Å². The van der Waals surface area contributed by atoms with E-state index in [0.29, 0.717) is 6.04 Å². The number of hydrogen-bond acceptors (Lipinski definition) is 2. The number of amides is 1. The fraction of sp³-hybridized carbons (Fsp3) is 0.929. The van der Waals surface area contributed by atoms with Crippen molar-refractivity contribution in [3.8, 4) is 0 Å². The average Bonchev–Trinajstić information content (AvgIpc) is 2.70. The first-order valence-corrected chi connectivity index (χ1v) is 7.31. The van der Waals surface area contributed by atoms with Gasteiger partial charge in [-0.3, -0.25) is 4.79 Å². The predicted molar refractivity (Wildman–Crippen MR) is 69.6 cm³/mol. The molecule has 3 heteroatoms. The number of carbonyl (C=O) groups excluding carboxylic acids is 1. The Morgan fingerprint density at radius 2 is 1.47 bits per heavy atom. The summed E-state index contributed by atoms with van der Waals surface area (Å²) in [6.07, 6.45) is 12.7. The van der Waals surface area contributed by atoms with Crippen molar-refractivity contribution in [2.75, 3.05) is 0 Å². The minimum Gasteiger partial charge on any atom is -0.352 e. The quantitative estimate of drug-likeness (QED) is 0.776. The SMILES string of the molecule is NC1(C(=O)NC2CCCCCCC2)CCCC1. The van der Waals surface area contributed by atoms with Crippen LogP contribution in [0.25, 0.3) is 0 Å². The first-order valence-electron chi connectivity index (χ1n) is 7.31. The van der Waals surface area contributed by atoms with E-state index in [1.54, 1.807) is 0 Å². The van der Waals surface area contributed by atoms with Crippen LogP contribution in [0, 0.1) is 0 Å². The maximum Gasteiger partial charge on any atom is 0.240 e. The summed E-state index contributed by atoms with van der Waals surface area (Å²) in [4.78, 5) is 12.2. The highest BCUT2D eigenvalue weighted by Gasteiger charge is 2.37. The van der Waals surface area contributed by atoms with Gasteiger partial charge in [0.25, 0.3) is 0 Å². The van der Waals surface area contributed by atoms with Crippen LogP contribution in [0.1, 0.15) is 70.6 Å². The van der Waals surface area contributed by atoms with Gasteiger partial charge in [-0.25, -0.2) is 0 Å². The van der Waals surface area contributed by atoms with E-state index in [0.717, 1.165) is 38.5 Å². The van der Waals surface area contributed by atoms with Gasteiger partial charge in [0.1, 0.15) is 0 Å². The third-order valence-corrected chi connectivity index (χ3v) is 4.39. The lowest BCUT2D eigenvalue weighted by molar-refractivity contribution is -0.127. The fourth-order valence-electron chi connectivity index (χ4n) is 3.16. The zero-order chi connectivity index (χ0) is 12.1. The topological polar surface area (TPSA) is 55.1 Å². The van der Waals surface area contributed by atoms with Crippen molar-refractivity contribution in [3.05, 3.63) is 0 Å². The monoisotopic (exact) mass is 238 g/mol. The molecule has 0 bridgehead atoms. The molecular formula is C14H26N2O. The van der Waals surface area contributed by atoms with Crippen molar-refractivity contribution < 1.29 is 4.79 Å². The standard InChI is InChI=1S/C14H26N2O/c15-14(10-6-7-11-14)13(17)16-12-8-4-2-1-3-5-9-12/h12H,1-11,15H2,(H,16,17). The van der Waals surface area contributed by atoms with Crippen LogP contribution in [0.3, 0.4) is 0 Å². The summed E-state index contributed by atoms with van der Waals surface area (Å²) in [5, 5.41) is 3.21. The van der Waals surface area contributed by atoms with Gasteiger partial charge >= 0.3 is 0 Å². The molecule has 0 aromatic heterocycles. The van der Waals surface area contributed by atoms with E-state index in [1.807, 2.05) is 0 Å². The molecule has 2 aliphatic rings. The summed E-state index contributed by atoms with van der Waals surface area (Å²) in [6, 6.07) is 0.379. The summed E-state index contributed by atoms with van der Waals surface area (Å²) in [6.45, 7) is 0. The van der Waals surface area contributed by atoms with Crippen molar-refractivity contribution >= 4 is 5.91 Å². The number of rotatable bonds is 2. The van der Waals surface area contributed by atoms with E-state index in [1.165, 1.54) is 32.1 Å². The zero-order valence-electron chi connectivity index (χ0n) is 10.8. The average molecular weight is 238 g/mol. The molecule has 0 heterocycles. The van der Waals surface area contributed by atoms with Crippen LogP contribution in [0.2, 0.25) is 0 Å². The minimum atomic E-state index is -0.553. The highest BCUT2D eigenvalue weighted by molar-refractivity contribution is 5.86. The smallest absolute Gasteiger partial charge is 0.240 e. The van der Waals surface area contributed by atoms with Gasteiger partial charge in [0, 0.05) is 6.04 Å². The lowest BCUT2D eigenvalue weighted by Crippen LogP contribution is -2.54. The molecule has 2 fully saturated rings. The Labute approximate surface area is 105 Å². The van der Waals surface area contributed by atoms with Gasteiger partial charge in [-0.15, -0.1) is 0 Å². The molecule has 0 saturated heterocycles. The molecule has 0 aromatic carbocycles. The van der Waals surface area contributed by atoms with Gasteiger partial charge < -0.3 is 11.1 Å². The highest BCUT2D eigenvalue weighted by Crippen LogP contribution is 2.28. The predicted octanol–water partition coefficient (Wildman–Crippen LogP) is 2.49. The molecule has 0 aliphatic heterocycles. The van der Waals surface area contributed by atoms with Crippen molar-refractivity contribution in [3.63, 3.8) is 0 Å². The summed E-state index contributed by atoms with van der Waals surface area (Å²) in [7, 11) is 0. The zero-order valence-corrected chi connectivity index (χ0v) is 10.8. The second-order valence-corrected chi connectivity index (χ2v) is 5.88. The highest BCUT2D eigenvalue weighted by atomic mass is 16.2. The Kier molecular flexibility index (Phi) is 4.43. The van der Waals surface area contributed by atoms with Gasteiger partial charge in [-0.05, 0) is 25.7 Å². The van der Waals surface area contributed by atoms with Gasteiger partial charge in [-0.2, -0.15) is 0 Å². The van der Waals surface area contributed by atoms with Crippen LogP contribution in [-0.4, -0.2) is 17.5 Å². The summed E-state index contributed by atoms with van der Waals surface area (Å²) in [5.74, 6) is 0.112. The number of nitrogens with two attached hydrogens (primary N) is 1. The Balaban J connectivity index is 1.83.